The number of ether oxygens (including phenoxy) is 1. The second-order valence-corrected chi connectivity index (χ2v) is 7.70. The van der Waals surface area contributed by atoms with Crippen LogP contribution in [-0.2, 0) is 4.79 Å². The standard InChI is InChI=1S/C26H24FN4O2/c1-2-24(32)31-14-6-7-19(31)15-30-26-22(16-29-17-23(26)27)25(28)18-10-12-21(13-11-18)33-20-8-4-3-5-9-20/h2-5,8-13,16-17,19H,1,6-7,14-15H2,(H-,28,29,30)/q-1/t19-/m0/s1. The number of pyridine rings is 1. The molecule has 1 saturated heterocycles. The lowest BCUT2D eigenvalue weighted by atomic mass is 10.0. The zero-order valence-corrected chi connectivity index (χ0v) is 18.1. The van der Waals surface area contributed by atoms with Crippen LogP contribution in [0.25, 0.3) is 5.32 Å². The first kappa shape index (κ1) is 22.2. The van der Waals surface area contributed by atoms with Crippen molar-refractivity contribution in [2.75, 3.05) is 13.1 Å². The fraction of sp³-hybridized carbons (Fsp3) is 0.192. The van der Waals surface area contributed by atoms with Crippen LogP contribution in [-0.4, -0.2) is 40.6 Å². The summed E-state index contributed by atoms with van der Waals surface area (Å²) in [4.78, 5) is 17.7. The number of nitrogens with one attached hydrogen (secondary N) is 1. The van der Waals surface area contributed by atoms with Crippen LogP contribution in [0, 0.1) is 11.2 Å². The predicted molar refractivity (Wildman–Crippen MR) is 126 cm³/mol. The molecule has 1 aliphatic rings. The number of benzene rings is 2. The summed E-state index contributed by atoms with van der Waals surface area (Å²) in [5.74, 6) is 0.606. The molecule has 0 saturated carbocycles. The number of amides is 1. The molecule has 33 heavy (non-hydrogen) atoms. The topological polar surface area (TPSA) is 80.4 Å². The van der Waals surface area contributed by atoms with Crippen LogP contribution in [0.15, 0.2) is 79.6 Å². The van der Waals surface area contributed by atoms with Gasteiger partial charge in [0.2, 0.25) is 5.91 Å². The second kappa shape index (κ2) is 10.1. The van der Waals surface area contributed by atoms with Gasteiger partial charge in [-0.05, 0) is 55.3 Å². The third kappa shape index (κ3) is 5.09. The molecule has 2 aromatic carbocycles. The van der Waals surface area contributed by atoms with Gasteiger partial charge in [-0.2, -0.15) is 0 Å². The van der Waals surface area contributed by atoms with Gasteiger partial charge in [0.25, 0.3) is 0 Å². The SMILES string of the molecule is C=CC(=O)N1CCC[C@H]1C[N-]c1c(F)cncc1C(=N)c1ccc(Oc2ccccc2)cc1. The van der Waals surface area contributed by atoms with Gasteiger partial charge in [0, 0.05) is 29.9 Å². The summed E-state index contributed by atoms with van der Waals surface area (Å²) in [7, 11) is 0. The molecule has 1 aromatic heterocycles. The van der Waals surface area contributed by atoms with Gasteiger partial charge in [-0.15, -0.1) is 6.54 Å². The Hall–Kier alpha value is -4.00. The molecule has 0 aliphatic carbocycles. The maximum Gasteiger partial charge on any atom is 0.246 e. The predicted octanol–water partition coefficient (Wildman–Crippen LogP) is 5.61. The van der Waals surface area contributed by atoms with Gasteiger partial charge >= 0.3 is 0 Å². The Bertz CT molecular complexity index is 1150. The zero-order chi connectivity index (χ0) is 23.2. The van der Waals surface area contributed by atoms with E-state index in [4.69, 9.17) is 10.1 Å². The molecule has 0 spiro atoms. The third-order valence-electron chi connectivity index (χ3n) is 5.56. The molecule has 6 nitrogen and oxygen atoms in total. The lowest BCUT2D eigenvalue weighted by Crippen LogP contribution is -2.36. The first-order chi connectivity index (χ1) is 16.1. The fourth-order valence-corrected chi connectivity index (χ4v) is 3.87. The van der Waals surface area contributed by atoms with Gasteiger partial charge < -0.3 is 15.0 Å². The number of halogens is 1. The first-order valence-electron chi connectivity index (χ1n) is 10.7. The molecule has 7 heteroatoms. The summed E-state index contributed by atoms with van der Waals surface area (Å²) < 4.78 is 20.5. The summed E-state index contributed by atoms with van der Waals surface area (Å²) >= 11 is 0. The van der Waals surface area contributed by atoms with E-state index in [-0.39, 0.29) is 29.9 Å². The van der Waals surface area contributed by atoms with Gasteiger partial charge in [0.05, 0.1) is 11.9 Å². The van der Waals surface area contributed by atoms with Crippen LogP contribution in [0.1, 0.15) is 24.0 Å². The average Bonchev–Trinajstić information content (AvgIpc) is 3.32. The average molecular weight is 444 g/mol. The Morgan fingerprint density at radius 1 is 1.18 bits per heavy atom. The number of aromatic nitrogens is 1. The van der Waals surface area contributed by atoms with E-state index in [9.17, 15) is 9.18 Å². The molecule has 3 aromatic rings. The van der Waals surface area contributed by atoms with Gasteiger partial charge in [-0.1, -0.05) is 30.5 Å². The Morgan fingerprint density at radius 2 is 1.91 bits per heavy atom. The van der Waals surface area contributed by atoms with Crippen molar-refractivity contribution in [3.63, 3.8) is 0 Å². The summed E-state index contributed by atoms with van der Waals surface area (Å²) in [6.07, 6.45) is 5.50. The number of hydrogen-bond donors (Lipinski definition) is 1. The number of carbonyl (C=O) groups is 1. The lowest BCUT2D eigenvalue weighted by molar-refractivity contribution is -0.126. The largest absolute Gasteiger partial charge is 0.680 e. The molecule has 1 atom stereocenters. The number of rotatable bonds is 8. The van der Waals surface area contributed by atoms with Crippen molar-refractivity contribution in [1.82, 2.24) is 9.88 Å². The highest BCUT2D eigenvalue weighted by Crippen LogP contribution is 2.31. The van der Waals surface area contributed by atoms with Crippen molar-refractivity contribution in [1.29, 1.82) is 5.41 Å². The minimum absolute atomic E-state index is 0.0810. The molecule has 1 fully saturated rings. The fourth-order valence-electron chi connectivity index (χ4n) is 3.87. The van der Waals surface area contributed by atoms with Crippen LogP contribution in [0.5, 0.6) is 11.5 Å². The highest BCUT2D eigenvalue weighted by molar-refractivity contribution is 6.14. The molecule has 0 unspecified atom stereocenters. The molecule has 1 amide bonds. The molecule has 1 N–H and O–H groups in total. The summed E-state index contributed by atoms with van der Waals surface area (Å²) in [5, 5.41) is 13.1. The van der Waals surface area contributed by atoms with Crippen molar-refractivity contribution in [2.45, 2.75) is 18.9 Å². The van der Waals surface area contributed by atoms with Crippen molar-refractivity contribution < 1.29 is 13.9 Å². The van der Waals surface area contributed by atoms with E-state index >= 15 is 0 Å². The van der Waals surface area contributed by atoms with Gasteiger partial charge in [-0.3, -0.25) is 15.2 Å². The molecular weight excluding hydrogens is 419 g/mol. The van der Waals surface area contributed by atoms with E-state index in [1.807, 2.05) is 30.3 Å². The third-order valence-corrected chi connectivity index (χ3v) is 5.56. The Kier molecular flexibility index (Phi) is 6.78. The van der Waals surface area contributed by atoms with Crippen LogP contribution >= 0.6 is 0 Å². The van der Waals surface area contributed by atoms with Crippen molar-refractivity contribution >= 4 is 17.3 Å². The molecule has 0 bridgehead atoms. The normalized spacial score (nSPS) is 15.2. The smallest absolute Gasteiger partial charge is 0.246 e. The van der Waals surface area contributed by atoms with Crippen LogP contribution in [0.4, 0.5) is 10.1 Å². The second-order valence-electron chi connectivity index (χ2n) is 7.70. The lowest BCUT2D eigenvalue weighted by Gasteiger charge is -2.32. The Balaban J connectivity index is 1.50. The van der Waals surface area contributed by atoms with Crippen LogP contribution in [0.3, 0.4) is 0 Å². The molecular formula is C26H24FN4O2-. The molecule has 2 heterocycles. The van der Waals surface area contributed by atoms with E-state index in [0.717, 1.165) is 19.0 Å². The molecule has 4 rings (SSSR count). The van der Waals surface area contributed by atoms with Gasteiger partial charge in [0.1, 0.15) is 17.3 Å². The quantitative estimate of drug-likeness (QED) is 0.363. The monoisotopic (exact) mass is 443 g/mol. The van der Waals surface area contributed by atoms with E-state index in [0.29, 0.717) is 29.2 Å². The van der Waals surface area contributed by atoms with Gasteiger partial charge in [-0.25, -0.2) is 4.39 Å². The van der Waals surface area contributed by atoms with E-state index in [1.54, 1.807) is 29.2 Å². The number of hydrogen-bond acceptors (Lipinski definition) is 4. The minimum atomic E-state index is -0.596. The van der Waals surface area contributed by atoms with Gasteiger partial charge in [0.15, 0.2) is 0 Å². The minimum Gasteiger partial charge on any atom is -0.680 e. The van der Waals surface area contributed by atoms with Crippen molar-refractivity contribution in [3.8, 4) is 11.5 Å². The molecule has 168 valence electrons. The van der Waals surface area contributed by atoms with E-state index in [2.05, 4.69) is 16.9 Å². The Labute approximate surface area is 192 Å². The maximum absolute atomic E-state index is 14.7. The first-order valence-corrected chi connectivity index (χ1v) is 10.7. The Morgan fingerprint density at radius 3 is 2.64 bits per heavy atom. The summed E-state index contributed by atoms with van der Waals surface area (Å²) in [6, 6.07) is 16.3. The number of likely N-dealkylation sites (tertiary alicyclic amines) is 1. The summed E-state index contributed by atoms with van der Waals surface area (Å²) in [6.45, 7) is 4.44. The van der Waals surface area contributed by atoms with E-state index in [1.165, 1.54) is 12.3 Å². The maximum atomic E-state index is 14.7. The van der Waals surface area contributed by atoms with Crippen LogP contribution < -0.4 is 4.74 Å². The summed E-state index contributed by atoms with van der Waals surface area (Å²) in [5.41, 5.74) is 1.07. The van der Waals surface area contributed by atoms with Crippen molar-refractivity contribution in [3.05, 3.63) is 102 Å². The highest BCUT2D eigenvalue weighted by Gasteiger charge is 2.24. The number of carbonyl (C=O) groups excluding carboxylic acids is 1. The van der Waals surface area contributed by atoms with E-state index < -0.39 is 5.82 Å². The van der Waals surface area contributed by atoms with Crippen LogP contribution in [0.2, 0.25) is 0 Å². The molecule has 0 radical (unpaired) electrons. The number of nitrogens with zero attached hydrogens (tertiary/aromatic N) is 3. The molecule has 1 aliphatic heterocycles. The highest BCUT2D eigenvalue weighted by atomic mass is 19.1. The van der Waals surface area contributed by atoms with Crippen molar-refractivity contribution in [2.24, 2.45) is 0 Å². The zero-order valence-electron chi connectivity index (χ0n) is 18.1. The number of para-hydroxylation sites is 1.